The Balaban J connectivity index is 1.80. The highest BCUT2D eigenvalue weighted by molar-refractivity contribution is 5.91. The SMILES string of the molecule is O=C(CC(c1ccc(F)cc1)n1cccc1)Nc1ccc(F)cc1F. The first kappa shape index (κ1) is 16.8. The zero-order chi connectivity index (χ0) is 17.8. The predicted octanol–water partition coefficient (Wildman–Crippen LogP) is 4.52. The van der Waals surface area contributed by atoms with E-state index in [1.807, 2.05) is 16.7 Å². The van der Waals surface area contributed by atoms with Gasteiger partial charge in [-0.15, -0.1) is 0 Å². The van der Waals surface area contributed by atoms with Crippen LogP contribution in [-0.2, 0) is 4.79 Å². The molecule has 1 amide bonds. The number of carbonyl (C=O) groups is 1. The molecule has 6 heteroatoms. The molecule has 1 heterocycles. The number of aromatic nitrogens is 1. The van der Waals surface area contributed by atoms with Gasteiger partial charge in [-0.2, -0.15) is 0 Å². The fraction of sp³-hybridized carbons (Fsp3) is 0.105. The van der Waals surface area contributed by atoms with Crippen molar-refractivity contribution in [3.05, 3.63) is 90.0 Å². The molecule has 0 aliphatic heterocycles. The van der Waals surface area contributed by atoms with E-state index in [1.54, 1.807) is 24.5 Å². The maximum Gasteiger partial charge on any atom is 0.226 e. The number of benzene rings is 2. The lowest BCUT2D eigenvalue weighted by molar-refractivity contribution is -0.116. The van der Waals surface area contributed by atoms with Gasteiger partial charge in [0.05, 0.1) is 18.2 Å². The summed E-state index contributed by atoms with van der Waals surface area (Å²) in [5.74, 6) is -2.36. The van der Waals surface area contributed by atoms with Crippen LogP contribution in [0.2, 0.25) is 0 Å². The van der Waals surface area contributed by atoms with E-state index in [0.29, 0.717) is 6.07 Å². The van der Waals surface area contributed by atoms with E-state index in [0.717, 1.165) is 11.6 Å². The average molecular weight is 344 g/mol. The fourth-order valence-electron chi connectivity index (χ4n) is 2.60. The maximum absolute atomic E-state index is 13.7. The average Bonchev–Trinajstić information content (AvgIpc) is 3.10. The Labute approximate surface area is 142 Å². The first-order valence-electron chi connectivity index (χ1n) is 7.66. The Morgan fingerprint density at radius 1 is 0.960 bits per heavy atom. The van der Waals surface area contributed by atoms with Gasteiger partial charge < -0.3 is 9.88 Å². The molecular formula is C19H15F3N2O. The lowest BCUT2D eigenvalue weighted by Crippen LogP contribution is -2.20. The quantitative estimate of drug-likeness (QED) is 0.725. The molecule has 0 spiro atoms. The van der Waals surface area contributed by atoms with Crippen molar-refractivity contribution in [2.24, 2.45) is 0 Å². The zero-order valence-electron chi connectivity index (χ0n) is 13.1. The van der Waals surface area contributed by atoms with Crippen LogP contribution in [0.4, 0.5) is 18.9 Å². The van der Waals surface area contributed by atoms with Crippen LogP contribution in [0.15, 0.2) is 67.0 Å². The number of anilines is 1. The molecule has 1 unspecified atom stereocenters. The maximum atomic E-state index is 13.7. The molecule has 0 aliphatic rings. The van der Waals surface area contributed by atoms with Gasteiger partial charge in [0.25, 0.3) is 0 Å². The Kier molecular flexibility index (Phi) is 4.88. The van der Waals surface area contributed by atoms with Crippen LogP contribution in [-0.4, -0.2) is 10.5 Å². The van der Waals surface area contributed by atoms with E-state index < -0.39 is 17.5 Å². The molecule has 0 saturated carbocycles. The van der Waals surface area contributed by atoms with Crippen LogP contribution < -0.4 is 5.32 Å². The first-order valence-corrected chi connectivity index (χ1v) is 7.66. The fourth-order valence-corrected chi connectivity index (χ4v) is 2.60. The standard InChI is InChI=1S/C19H15F3N2O/c20-14-5-3-13(4-6-14)18(24-9-1-2-10-24)12-19(25)23-17-8-7-15(21)11-16(17)22/h1-11,18H,12H2,(H,23,25). The van der Waals surface area contributed by atoms with Crippen LogP contribution in [0.1, 0.15) is 18.0 Å². The topological polar surface area (TPSA) is 34.0 Å². The Hall–Kier alpha value is -3.02. The second-order valence-electron chi connectivity index (χ2n) is 5.57. The number of carbonyl (C=O) groups excluding carboxylic acids is 1. The summed E-state index contributed by atoms with van der Waals surface area (Å²) in [6.07, 6.45) is 3.59. The van der Waals surface area contributed by atoms with Gasteiger partial charge in [-0.05, 0) is 42.0 Å². The number of halogens is 3. The van der Waals surface area contributed by atoms with Crippen molar-refractivity contribution in [2.75, 3.05) is 5.32 Å². The van der Waals surface area contributed by atoms with Gasteiger partial charge in [-0.25, -0.2) is 13.2 Å². The molecule has 2 aromatic carbocycles. The smallest absolute Gasteiger partial charge is 0.226 e. The summed E-state index contributed by atoms with van der Waals surface area (Å²) in [5.41, 5.74) is 0.657. The highest BCUT2D eigenvalue weighted by atomic mass is 19.1. The van der Waals surface area contributed by atoms with Crippen LogP contribution in [0.5, 0.6) is 0 Å². The normalized spacial score (nSPS) is 12.0. The van der Waals surface area contributed by atoms with Crippen molar-refractivity contribution < 1.29 is 18.0 Å². The molecule has 1 atom stereocenters. The third kappa shape index (κ3) is 4.09. The van der Waals surface area contributed by atoms with Gasteiger partial charge >= 0.3 is 0 Å². The second-order valence-corrected chi connectivity index (χ2v) is 5.57. The predicted molar refractivity (Wildman–Crippen MR) is 88.6 cm³/mol. The molecule has 25 heavy (non-hydrogen) atoms. The van der Waals surface area contributed by atoms with Crippen molar-refractivity contribution in [3.63, 3.8) is 0 Å². The summed E-state index contributed by atoms with van der Waals surface area (Å²) in [6.45, 7) is 0. The number of rotatable bonds is 5. The summed E-state index contributed by atoms with van der Waals surface area (Å²) in [4.78, 5) is 12.3. The van der Waals surface area contributed by atoms with Crippen molar-refractivity contribution in [1.82, 2.24) is 4.57 Å². The van der Waals surface area contributed by atoms with Gasteiger partial charge in [0, 0.05) is 18.5 Å². The van der Waals surface area contributed by atoms with E-state index >= 15 is 0 Å². The summed E-state index contributed by atoms with van der Waals surface area (Å²) >= 11 is 0. The van der Waals surface area contributed by atoms with E-state index in [9.17, 15) is 18.0 Å². The largest absolute Gasteiger partial charge is 0.346 e. The minimum atomic E-state index is -0.840. The lowest BCUT2D eigenvalue weighted by atomic mass is 10.0. The summed E-state index contributed by atoms with van der Waals surface area (Å²) < 4.78 is 41.6. The van der Waals surface area contributed by atoms with E-state index in [-0.39, 0.29) is 24.0 Å². The zero-order valence-corrected chi connectivity index (χ0v) is 13.1. The van der Waals surface area contributed by atoms with E-state index in [2.05, 4.69) is 5.32 Å². The number of amides is 1. The minimum Gasteiger partial charge on any atom is -0.346 e. The first-order chi connectivity index (χ1) is 12.0. The summed E-state index contributed by atoms with van der Waals surface area (Å²) in [6, 6.07) is 12.1. The van der Waals surface area contributed by atoms with Gasteiger partial charge in [-0.1, -0.05) is 12.1 Å². The van der Waals surface area contributed by atoms with E-state index in [4.69, 9.17) is 0 Å². The highest BCUT2D eigenvalue weighted by Crippen LogP contribution is 2.24. The summed E-state index contributed by atoms with van der Waals surface area (Å²) in [5, 5.41) is 2.44. The molecule has 0 radical (unpaired) electrons. The summed E-state index contributed by atoms with van der Waals surface area (Å²) in [7, 11) is 0. The van der Waals surface area contributed by atoms with Crippen molar-refractivity contribution in [3.8, 4) is 0 Å². The molecule has 1 aromatic heterocycles. The van der Waals surface area contributed by atoms with Gasteiger partial charge in [0.1, 0.15) is 17.5 Å². The number of nitrogens with zero attached hydrogens (tertiary/aromatic N) is 1. The van der Waals surface area contributed by atoms with Gasteiger partial charge in [0.15, 0.2) is 0 Å². The Bertz CT molecular complexity index is 861. The number of hydrogen-bond acceptors (Lipinski definition) is 1. The molecule has 0 fully saturated rings. The second kappa shape index (κ2) is 7.25. The monoisotopic (exact) mass is 344 g/mol. The molecule has 1 N–H and O–H groups in total. The molecule has 3 nitrogen and oxygen atoms in total. The van der Waals surface area contributed by atoms with Crippen LogP contribution in [0.3, 0.4) is 0 Å². The Morgan fingerprint density at radius 2 is 1.60 bits per heavy atom. The van der Waals surface area contributed by atoms with Crippen molar-refractivity contribution in [2.45, 2.75) is 12.5 Å². The lowest BCUT2D eigenvalue weighted by Gasteiger charge is -2.19. The minimum absolute atomic E-state index is 0.0110. The third-order valence-corrected chi connectivity index (χ3v) is 3.83. The molecule has 0 saturated heterocycles. The molecule has 3 aromatic rings. The van der Waals surface area contributed by atoms with Gasteiger partial charge in [0.2, 0.25) is 5.91 Å². The van der Waals surface area contributed by atoms with Crippen molar-refractivity contribution in [1.29, 1.82) is 0 Å². The third-order valence-electron chi connectivity index (χ3n) is 3.83. The van der Waals surface area contributed by atoms with Crippen molar-refractivity contribution >= 4 is 11.6 Å². The molecule has 128 valence electrons. The number of hydrogen-bond donors (Lipinski definition) is 1. The highest BCUT2D eigenvalue weighted by Gasteiger charge is 2.18. The molecule has 3 rings (SSSR count). The van der Waals surface area contributed by atoms with Crippen LogP contribution >= 0.6 is 0 Å². The van der Waals surface area contributed by atoms with Crippen LogP contribution in [0.25, 0.3) is 0 Å². The number of nitrogens with one attached hydrogen (secondary N) is 1. The molecule has 0 aliphatic carbocycles. The van der Waals surface area contributed by atoms with E-state index in [1.165, 1.54) is 18.2 Å². The molecular weight excluding hydrogens is 329 g/mol. The Morgan fingerprint density at radius 3 is 2.24 bits per heavy atom. The van der Waals surface area contributed by atoms with Crippen LogP contribution in [0, 0.1) is 17.5 Å². The van der Waals surface area contributed by atoms with Gasteiger partial charge in [-0.3, -0.25) is 4.79 Å². The molecule has 0 bridgehead atoms.